The monoisotopic (exact) mass is 686 g/mol. The van der Waals surface area contributed by atoms with E-state index in [1.54, 1.807) is 58.0 Å². The molecule has 5 amide bonds. The SMILES string of the molecule is CCOC1C(=O)N(C(C(=O)Nc2cc(NC(=O)C(CC)Oc3ccc(C)cc3C)ccc2OC)C(=O)C(C)(C)C)C(=O)N1Cc1ccccc1. The van der Waals surface area contributed by atoms with Crippen molar-refractivity contribution in [2.75, 3.05) is 24.4 Å². The molecule has 0 spiro atoms. The first-order valence-corrected chi connectivity index (χ1v) is 16.6. The number of amides is 5. The molecule has 12 nitrogen and oxygen atoms in total. The molecular formula is C38H46N4O8. The average Bonchev–Trinajstić information content (AvgIpc) is 3.28. The molecule has 266 valence electrons. The predicted octanol–water partition coefficient (Wildman–Crippen LogP) is 5.86. The largest absolute Gasteiger partial charge is 0.495 e. The lowest BCUT2D eigenvalue weighted by Crippen LogP contribution is -2.55. The van der Waals surface area contributed by atoms with Crippen molar-refractivity contribution < 1.29 is 38.2 Å². The van der Waals surface area contributed by atoms with Gasteiger partial charge >= 0.3 is 6.03 Å². The quantitative estimate of drug-likeness (QED) is 0.159. The van der Waals surface area contributed by atoms with Crippen LogP contribution >= 0.6 is 0 Å². The Labute approximate surface area is 293 Å². The van der Waals surface area contributed by atoms with Crippen molar-refractivity contribution >= 4 is 40.9 Å². The molecule has 0 aliphatic carbocycles. The number of carbonyl (C=O) groups is 5. The summed E-state index contributed by atoms with van der Waals surface area (Å²) in [4.78, 5) is 71.0. The van der Waals surface area contributed by atoms with Crippen LogP contribution in [-0.2, 0) is 30.5 Å². The van der Waals surface area contributed by atoms with E-state index in [0.717, 1.165) is 16.7 Å². The second-order valence-electron chi connectivity index (χ2n) is 13.1. The van der Waals surface area contributed by atoms with Gasteiger partial charge in [0.2, 0.25) is 6.23 Å². The highest BCUT2D eigenvalue weighted by Gasteiger charge is 2.54. The van der Waals surface area contributed by atoms with Crippen molar-refractivity contribution in [3.8, 4) is 11.5 Å². The molecule has 1 aliphatic heterocycles. The summed E-state index contributed by atoms with van der Waals surface area (Å²) < 4.78 is 17.2. The van der Waals surface area contributed by atoms with Gasteiger partial charge in [-0.2, -0.15) is 0 Å². The minimum Gasteiger partial charge on any atom is -0.495 e. The Balaban J connectivity index is 1.63. The van der Waals surface area contributed by atoms with Gasteiger partial charge in [0, 0.05) is 17.7 Å². The number of aryl methyl sites for hydroxylation is 2. The second-order valence-corrected chi connectivity index (χ2v) is 13.1. The Morgan fingerprint density at radius 2 is 1.56 bits per heavy atom. The van der Waals surface area contributed by atoms with Gasteiger partial charge < -0.3 is 24.8 Å². The second kappa shape index (κ2) is 16.0. The molecule has 0 radical (unpaired) electrons. The van der Waals surface area contributed by atoms with Gasteiger partial charge in [-0.05, 0) is 62.6 Å². The number of nitrogens with one attached hydrogen (secondary N) is 2. The fourth-order valence-electron chi connectivity index (χ4n) is 5.55. The summed E-state index contributed by atoms with van der Waals surface area (Å²) in [6.07, 6.45) is -1.76. The van der Waals surface area contributed by atoms with Crippen LogP contribution in [0.15, 0.2) is 66.7 Å². The van der Waals surface area contributed by atoms with Crippen molar-refractivity contribution in [2.45, 2.75) is 79.8 Å². The highest BCUT2D eigenvalue weighted by atomic mass is 16.5. The van der Waals surface area contributed by atoms with Crippen LogP contribution < -0.4 is 20.1 Å². The third kappa shape index (κ3) is 8.49. The standard InChI is InChI=1S/C38H46N4O8/c1-9-28(50-29-18-16-23(3)20-24(29)4)33(44)39-26-17-19-30(48-8)27(21-26)40-34(45)31(32(43)38(5,6)7)42-35(46)36(49-10-2)41(37(42)47)22-25-14-12-11-13-15-25/h11-21,28,31,36H,9-10,22H2,1-8H3,(H,39,44)(H,40,45). The van der Waals surface area contributed by atoms with Gasteiger partial charge in [-0.15, -0.1) is 0 Å². The van der Waals surface area contributed by atoms with Gasteiger partial charge in [-0.3, -0.25) is 24.1 Å². The number of hydrogen-bond acceptors (Lipinski definition) is 8. The Kier molecular flexibility index (Phi) is 12.0. The number of nitrogens with zero attached hydrogens (tertiary/aromatic N) is 2. The van der Waals surface area contributed by atoms with Gasteiger partial charge in [0.05, 0.1) is 19.3 Å². The Morgan fingerprint density at radius 3 is 2.16 bits per heavy atom. The van der Waals surface area contributed by atoms with E-state index >= 15 is 0 Å². The highest BCUT2D eigenvalue weighted by Crippen LogP contribution is 2.32. The van der Waals surface area contributed by atoms with Crippen LogP contribution in [0.3, 0.4) is 0 Å². The van der Waals surface area contributed by atoms with E-state index in [1.807, 2.05) is 45.0 Å². The Morgan fingerprint density at radius 1 is 0.880 bits per heavy atom. The molecule has 0 saturated carbocycles. The zero-order chi connectivity index (χ0) is 36.7. The lowest BCUT2D eigenvalue weighted by atomic mass is 9.85. The number of ether oxygens (including phenoxy) is 3. The number of methoxy groups -OCH3 is 1. The van der Waals surface area contributed by atoms with Gasteiger partial charge in [0.1, 0.15) is 11.5 Å². The number of hydrogen-bond donors (Lipinski definition) is 2. The number of rotatable bonds is 14. The smallest absolute Gasteiger partial charge is 0.330 e. The molecule has 1 saturated heterocycles. The molecule has 1 aliphatic rings. The van der Waals surface area contributed by atoms with E-state index in [4.69, 9.17) is 14.2 Å². The van der Waals surface area contributed by atoms with E-state index in [2.05, 4.69) is 10.6 Å². The molecule has 0 bridgehead atoms. The minimum absolute atomic E-state index is 0.0200. The number of anilines is 2. The molecule has 12 heteroatoms. The van der Waals surface area contributed by atoms with Crippen molar-refractivity contribution in [2.24, 2.45) is 5.41 Å². The van der Waals surface area contributed by atoms with E-state index in [-0.39, 0.29) is 24.6 Å². The average molecular weight is 687 g/mol. The van der Waals surface area contributed by atoms with Gasteiger partial charge in [-0.25, -0.2) is 9.69 Å². The molecule has 1 fully saturated rings. The van der Waals surface area contributed by atoms with Crippen LogP contribution in [0.2, 0.25) is 0 Å². The van der Waals surface area contributed by atoms with Crippen molar-refractivity contribution in [1.82, 2.24) is 9.80 Å². The van der Waals surface area contributed by atoms with Crippen LogP contribution in [0.25, 0.3) is 0 Å². The molecule has 2 N–H and O–H groups in total. The Bertz CT molecular complexity index is 1740. The normalized spacial score (nSPS) is 15.8. The summed E-state index contributed by atoms with van der Waals surface area (Å²) in [6.45, 7) is 12.3. The maximum atomic E-state index is 14.1. The fourth-order valence-corrected chi connectivity index (χ4v) is 5.55. The number of urea groups is 1. The van der Waals surface area contributed by atoms with Gasteiger partial charge in [0.15, 0.2) is 17.9 Å². The minimum atomic E-state index is -1.84. The molecule has 3 unspecified atom stereocenters. The summed E-state index contributed by atoms with van der Waals surface area (Å²) in [6, 6.07) is 16.6. The number of ketones is 1. The molecule has 3 atom stereocenters. The first-order chi connectivity index (χ1) is 23.7. The highest BCUT2D eigenvalue weighted by molar-refractivity contribution is 6.19. The fraction of sp³-hybridized carbons (Fsp3) is 0.395. The summed E-state index contributed by atoms with van der Waals surface area (Å²) >= 11 is 0. The molecule has 3 aromatic carbocycles. The first-order valence-electron chi connectivity index (χ1n) is 16.6. The van der Waals surface area contributed by atoms with Gasteiger partial charge in [-0.1, -0.05) is 75.7 Å². The summed E-state index contributed by atoms with van der Waals surface area (Å²) in [7, 11) is 1.40. The number of imide groups is 1. The number of carbonyl (C=O) groups excluding carboxylic acids is 5. The van der Waals surface area contributed by atoms with Crippen LogP contribution in [0.1, 0.15) is 57.7 Å². The third-order valence-corrected chi connectivity index (χ3v) is 8.19. The molecule has 50 heavy (non-hydrogen) atoms. The van der Waals surface area contributed by atoms with Crippen LogP contribution in [0.4, 0.5) is 16.2 Å². The van der Waals surface area contributed by atoms with Crippen molar-refractivity contribution in [3.05, 3.63) is 83.4 Å². The molecule has 3 aromatic rings. The lowest BCUT2D eigenvalue weighted by Gasteiger charge is -2.29. The first kappa shape index (κ1) is 37.6. The maximum Gasteiger partial charge on any atom is 0.330 e. The zero-order valence-electron chi connectivity index (χ0n) is 29.9. The van der Waals surface area contributed by atoms with Crippen molar-refractivity contribution in [3.63, 3.8) is 0 Å². The zero-order valence-corrected chi connectivity index (χ0v) is 29.9. The number of Topliss-reactive ketones (excluding diaryl/α,β-unsaturated/α-hetero) is 1. The summed E-state index contributed by atoms with van der Waals surface area (Å²) in [5.41, 5.74) is 2.00. The summed E-state index contributed by atoms with van der Waals surface area (Å²) in [5.74, 6) is -2.03. The van der Waals surface area contributed by atoms with Crippen molar-refractivity contribution in [1.29, 1.82) is 0 Å². The molecule has 1 heterocycles. The van der Waals surface area contributed by atoms with E-state index < -0.39 is 53.3 Å². The van der Waals surface area contributed by atoms with E-state index in [0.29, 0.717) is 22.8 Å². The summed E-state index contributed by atoms with van der Waals surface area (Å²) in [5, 5.41) is 5.50. The number of benzene rings is 3. The maximum absolute atomic E-state index is 14.1. The van der Waals surface area contributed by atoms with Crippen LogP contribution in [0, 0.1) is 19.3 Å². The van der Waals surface area contributed by atoms with E-state index in [1.165, 1.54) is 24.1 Å². The Hall–Kier alpha value is -5.23. The van der Waals surface area contributed by atoms with Crippen LogP contribution in [-0.4, -0.2) is 71.4 Å². The van der Waals surface area contributed by atoms with Gasteiger partial charge in [0.25, 0.3) is 17.7 Å². The van der Waals surface area contributed by atoms with Crippen LogP contribution in [0.5, 0.6) is 11.5 Å². The lowest BCUT2D eigenvalue weighted by molar-refractivity contribution is -0.149. The third-order valence-electron chi connectivity index (χ3n) is 8.19. The van der Waals surface area contributed by atoms with E-state index in [9.17, 15) is 24.0 Å². The molecule has 0 aromatic heterocycles. The molecular weight excluding hydrogens is 640 g/mol. The molecule has 4 rings (SSSR count). The topological polar surface area (TPSA) is 144 Å². The predicted molar refractivity (Wildman–Crippen MR) is 189 cm³/mol.